The first-order valence-electron chi connectivity index (χ1n) is 8.94. The van der Waals surface area contributed by atoms with Crippen molar-refractivity contribution in [3.63, 3.8) is 0 Å². The van der Waals surface area contributed by atoms with Gasteiger partial charge in [-0.25, -0.2) is 0 Å². The van der Waals surface area contributed by atoms with Crippen molar-refractivity contribution >= 4 is 29.5 Å². The number of nitrogens with one attached hydrogen (secondary N) is 1. The molecule has 0 bridgehead atoms. The minimum atomic E-state index is -0.0922. The van der Waals surface area contributed by atoms with Crippen molar-refractivity contribution in [3.05, 3.63) is 0 Å². The summed E-state index contributed by atoms with van der Waals surface area (Å²) in [6.45, 7) is 3.42. The van der Waals surface area contributed by atoms with Crippen LogP contribution in [0.15, 0.2) is 0 Å². The van der Waals surface area contributed by atoms with Gasteiger partial charge >= 0.3 is 0 Å². The van der Waals surface area contributed by atoms with E-state index < -0.39 is 0 Å². The molecule has 2 heterocycles. The molecular weight excluding hydrogens is 326 g/mol. The molecule has 0 aromatic heterocycles. The number of carbonyl (C=O) groups excluding carboxylic acids is 3. The highest BCUT2D eigenvalue weighted by Gasteiger charge is 2.30. The first-order valence-corrected chi connectivity index (χ1v) is 10.3. The fourth-order valence-corrected chi connectivity index (χ4v) is 3.74. The standard InChI is InChI=1S/C17H29N3O3S/c1-24-12-3-8-18-17(23)14-6-7-16(22)20(13-14)11-4-10-19-9-2-5-15(19)21/h14H,2-13H2,1H3,(H,18,23). The number of thioether (sulfide) groups is 1. The Bertz CT molecular complexity index is 458. The Hall–Kier alpha value is -1.24. The molecule has 2 fully saturated rings. The zero-order valence-electron chi connectivity index (χ0n) is 14.6. The Morgan fingerprint density at radius 2 is 1.92 bits per heavy atom. The Morgan fingerprint density at radius 3 is 2.62 bits per heavy atom. The summed E-state index contributed by atoms with van der Waals surface area (Å²) in [5.41, 5.74) is 0. The number of piperidine rings is 1. The SMILES string of the molecule is CSCCCNC(=O)C1CCC(=O)N(CCCN2CCCC2=O)C1. The lowest BCUT2D eigenvalue weighted by Gasteiger charge is -2.32. The minimum Gasteiger partial charge on any atom is -0.356 e. The molecule has 1 atom stereocenters. The van der Waals surface area contributed by atoms with Gasteiger partial charge in [-0.3, -0.25) is 14.4 Å². The second-order valence-corrected chi connectivity index (χ2v) is 7.54. The van der Waals surface area contributed by atoms with Crippen molar-refractivity contribution in [2.45, 2.75) is 38.5 Å². The topological polar surface area (TPSA) is 69.7 Å². The molecule has 6 nitrogen and oxygen atoms in total. The summed E-state index contributed by atoms with van der Waals surface area (Å²) in [6.07, 6.45) is 6.52. The molecule has 1 unspecified atom stereocenters. The maximum absolute atomic E-state index is 12.2. The van der Waals surface area contributed by atoms with E-state index in [1.807, 2.05) is 4.90 Å². The Kier molecular flexibility index (Phi) is 7.88. The van der Waals surface area contributed by atoms with Gasteiger partial charge in [0.1, 0.15) is 0 Å². The van der Waals surface area contributed by atoms with Gasteiger partial charge in [-0.2, -0.15) is 11.8 Å². The van der Waals surface area contributed by atoms with E-state index in [0.717, 1.165) is 31.6 Å². The largest absolute Gasteiger partial charge is 0.356 e. The highest BCUT2D eigenvalue weighted by atomic mass is 32.2. The third kappa shape index (κ3) is 5.69. The van der Waals surface area contributed by atoms with E-state index in [1.165, 1.54) is 0 Å². The van der Waals surface area contributed by atoms with Gasteiger partial charge in [0.2, 0.25) is 17.7 Å². The average molecular weight is 356 g/mol. The second-order valence-electron chi connectivity index (χ2n) is 6.55. The van der Waals surface area contributed by atoms with Gasteiger partial charge in [-0.05, 0) is 37.7 Å². The fraction of sp³-hybridized carbons (Fsp3) is 0.824. The van der Waals surface area contributed by atoms with Crippen LogP contribution in [0.1, 0.15) is 38.5 Å². The Balaban J connectivity index is 1.70. The zero-order valence-corrected chi connectivity index (χ0v) is 15.4. The molecule has 0 radical (unpaired) electrons. The lowest BCUT2D eigenvalue weighted by molar-refractivity contribution is -0.138. The van der Waals surface area contributed by atoms with E-state index in [2.05, 4.69) is 11.6 Å². The molecule has 136 valence electrons. The third-order valence-electron chi connectivity index (χ3n) is 4.72. The number of amides is 3. The van der Waals surface area contributed by atoms with Gasteiger partial charge in [0.05, 0.1) is 5.92 Å². The van der Waals surface area contributed by atoms with Crippen LogP contribution in [0.3, 0.4) is 0 Å². The van der Waals surface area contributed by atoms with Gasteiger partial charge < -0.3 is 15.1 Å². The van der Waals surface area contributed by atoms with Crippen LogP contribution in [0.5, 0.6) is 0 Å². The number of likely N-dealkylation sites (tertiary alicyclic amines) is 2. The van der Waals surface area contributed by atoms with Crippen molar-refractivity contribution in [1.82, 2.24) is 15.1 Å². The quantitative estimate of drug-likeness (QED) is 0.629. The molecule has 24 heavy (non-hydrogen) atoms. The molecule has 0 aromatic rings. The van der Waals surface area contributed by atoms with Crippen molar-refractivity contribution < 1.29 is 14.4 Å². The van der Waals surface area contributed by atoms with E-state index in [1.54, 1.807) is 16.7 Å². The van der Waals surface area contributed by atoms with Crippen LogP contribution in [0.4, 0.5) is 0 Å². The number of carbonyl (C=O) groups is 3. The van der Waals surface area contributed by atoms with Crippen LogP contribution in [0.25, 0.3) is 0 Å². The number of rotatable bonds is 9. The summed E-state index contributed by atoms with van der Waals surface area (Å²) in [5, 5.41) is 2.99. The minimum absolute atomic E-state index is 0.0725. The molecule has 0 saturated carbocycles. The second kappa shape index (κ2) is 9.91. The number of hydrogen-bond acceptors (Lipinski definition) is 4. The summed E-state index contributed by atoms with van der Waals surface area (Å²) < 4.78 is 0. The normalized spacial score (nSPS) is 21.5. The van der Waals surface area contributed by atoms with Crippen LogP contribution < -0.4 is 5.32 Å². The van der Waals surface area contributed by atoms with Crippen molar-refractivity contribution in [1.29, 1.82) is 0 Å². The molecule has 7 heteroatoms. The number of nitrogens with zero attached hydrogens (tertiary/aromatic N) is 2. The molecule has 2 aliphatic heterocycles. The average Bonchev–Trinajstić information content (AvgIpc) is 2.98. The van der Waals surface area contributed by atoms with Gasteiger partial charge in [-0.1, -0.05) is 0 Å². The fourth-order valence-electron chi connectivity index (χ4n) is 3.31. The number of hydrogen-bond donors (Lipinski definition) is 1. The molecule has 2 aliphatic rings. The third-order valence-corrected chi connectivity index (χ3v) is 5.42. The molecule has 0 aromatic carbocycles. The summed E-state index contributed by atoms with van der Waals surface area (Å²) in [4.78, 5) is 39.6. The van der Waals surface area contributed by atoms with Gasteiger partial charge in [0.25, 0.3) is 0 Å². The molecule has 2 rings (SSSR count). The zero-order chi connectivity index (χ0) is 17.4. The van der Waals surface area contributed by atoms with Gasteiger partial charge in [-0.15, -0.1) is 0 Å². The lowest BCUT2D eigenvalue weighted by atomic mass is 9.96. The highest BCUT2D eigenvalue weighted by Crippen LogP contribution is 2.18. The first-order chi connectivity index (χ1) is 11.6. The summed E-state index contributed by atoms with van der Waals surface area (Å²) in [5.74, 6) is 1.38. The summed E-state index contributed by atoms with van der Waals surface area (Å²) >= 11 is 1.78. The summed E-state index contributed by atoms with van der Waals surface area (Å²) in [6, 6.07) is 0. The molecule has 2 saturated heterocycles. The van der Waals surface area contributed by atoms with E-state index in [0.29, 0.717) is 45.4 Å². The smallest absolute Gasteiger partial charge is 0.224 e. The van der Waals surface area contributed by atoms with Crippen molar-refractivity contribution in [2.24, 2.45) is 5.92 Å². The maximum atomic E-state index is 12.2. The van der Waals surface area contributed by atoms with E-state index in [4.69, 9.17) is 0 Å². The molecule has 1 N–H and O–H groups in total. The van der Waals surface area contributed by atoms with Crippen molar-refractivity contribution in [3.8, 4) is 0 Å². The van der Waals surface area contributed by atoms with Crippen LogP contribution in [0.2, 0.25) is 0 Å². The first kappa shape index (κ1) is 19.1. The molecule has 0 spiro atoms. The Labute approximate surface area is 148 Å². The van der Waals surface area contributed by atoms with Gasteiger partial charge in [0, 0.05) is 45.6 Å². The Morgan fingerprint density at radius 1 is 1.17 bits per heavy atom. The highest BCUT2D eigenvalue weighted by molar-refractivity contribution is 7.98. The molecular formula is C17H29N3O3S. The van der Waals surface area contributed by atoms with E-state index >= 15 is 0 Å². The molecule has 0 aliphatic carbocycles. The monoisotopic (exact) mass is 355 g/mol. The predicted molar refractivity (Wildman–Crippen MR) is 95.7 cm³/mol. The van der Waals surface area contributed by atoms with Crippen LogP contribution in [0, 0.1) is 5.92 Å². The maximum Gasteiger partial charge on any atom is 0.224 e. The van der Waals surface area contributed by atoms with Crippen LogP contribution >= 0.6 is 11.8 Å². The predicted octanol–water partition coefficient (Wildman–Crippen LogP) is 1.11. The van der Waals surface area contributed by atoms with Crippen LogP contribution in [-0.4, -0.2) is 72.3 Å². The van der Waals surface area contributed by atoms with Crippen molar-refractivity contribution in [2.75, 3.05) is 44.7 Å². The lowest BCUT2D eigenvalue weighted by Crippen LogP contribution is -2.46. The van der Waals surface area contributed by atoms with Crippen LogP contribution in [-0.2, 0) is 14.4 Å². The van der Waals surface area contributed by atoms with Gasteiger partial charge in [0.15, 0.2) is 0 Å². The summed E-state index contributed by atoms with van der Waals surface area (Å²) in [7, 11) is 0. The van der Waals surface area contributed by atoms with E-state index in [9.17, 15) is 14.4 Å². The van der Waals surface area contributed by atoms with E-state index in [-0.39, 0.29) is 23.6 Å². The molecule has 3 amide bonds.